The molecule has 0 saturated heterocycles. The molecule has 0 unspecified atom stereocenters. The summed E-state index contributed by atoms with van der Waals surface area (Å²) >= 11 is 6.20. The molecule has 3 aromatic rings. The lowest BCUT2D eigenvalue weighted by atomic mass is 10.1. The highest BCUT2D eigenvalue weighted by molar-refractivity contribution is 6.31. The Hall–Kier alpha value is -4.28. The Kier molecular flexibility index (Phi) is 8.27. The Bertz CT molecular complexity index is 1260. The van der Waals surface area contributed by atoms with Gasteiger partial charge in [0.1, 0.15) is 18.2 Å². The highest BCUT2D eigenvalue weighted by Gasteiger charge is 2.12. The number of carbonyl (C=O) groups excluding carboxylic acids is 2. The number of anilines is 2. The Labute approximate surface area is 202 Å². The van der Waals surface area contributed by atoms with Crippen molar-refractivity contribution in [2.75, 3.05) is 17.7 Å². The Morgan fingerprint density at radius 2 is 1.68 bits per heavy atom. The number of nitriles is 1. The van der Waals surface area contributed by atoms with Crippen molar-refractivity contribution < 1.29 is 19.1 Å². The molecule has 0 aliphatic rings. The largest absolute Gasteiger partial charge is 0.493 e. The van der Waals surface area contributed by atoms with Gasteiger partial charge >= 0.3 is 0 Å². The highest BCUT2D eigenvalue weighted by Crippen LogP contribution is 2.30. The number of hydrogen-bond donors (Lipinski definition) is 2. The Morgan fingerprint density at radius 1 is 1.00 bits per heavy atom. The molecule has 34 heavy (non-hydrogen) atoms. The summed E-state index contributed by atoms with van der Waals surface area (Å²) in [6.45, 7) is 1.63. The molecule has 0 saturated carbocycles. The van der Waals surface area contributed by atoms with Gasteiger partial charge in [-0.1, -0.05) is 35.9 Å². The molecule has 172 valence electrons. The average molecular weight is 476 g/mol. The molecule has 3 rings (SSSR count). The Balaban J connectivity index is 1.76. The molecule has 0 aromatic heterocycles. The molecule has 8 heteroatoms. The number of nitrogens with zero attached hydrogens (tertiary/aromatic N) is 1. The number of methoxy groups -OCH3 is 1. The summed E-state index contributed by atoms with van der Waals surface area (Å²) in [4.78, 5) is 23.7. The van der Waals surface area contributed by atoms with Crippen molar-refractivity contribution in [1.82, 2.24) is 0 Å². The summed E-state index contributed by atoms with van der Waals surface area (Å²) in [5.41, 5.74) is 2.40. The first kappa shape index (κ1) is 24.4. The second-order valence-electron chi connectivity index (χ2n) is 7.17. The lowest BCUT2D eigenvalue weighted by Crippen LogP contribution is -2.13. The molecule has 2 N–H and O–H groups in total. The van der Waals surface area contributed by atoms with Crippen molar-refractivity contribution in [1.29, 1.82) is 5.26 Å². The summed E-state index contributed by atoms with van der Waals surface area (Å²) in [6.07, 6.45) is 1.46. The van der Waals surface area contributed by atoms with E-state index in [0.717, 1.165) is 5.56 Å². The van der Waals surface area contributed by atoms with Crippen molar-refractivity contribution >= 4 is 40.9 Å². The van der Waals surface area contributed by atoms with E-state index in [1.807, 2.05) is 24.3 Å². The predicted molar refractivity (Wildman–Crippen MR) is 132 cm³/mol. The Morgan fingerprint density at radius 3 is 2.29 bits per heavy atom. The van der Waals surface area contributed by atoms with Crippen LogP contribution in [-0.4, -0.2) is 18.9 Å². The van der Waals surface area contributed by atoms with E-state index in [4.69, 9.17) is 21.1 Å². The second kappa shape index (κ2) is 11.5. The van der Waals surface area contributed by atoms with Crippen LogP contribution in [0.1, 0.15) is 18.1 Å². The maximum Gasteiger partial charge on any atom is 0.266 e. The maximum absolute atomic E-state index is 12.6. The van der Waals surface area contributed by atoms with Crippen LogP contribution >= 0.6 is 11.6 Å². The lowest BCUT2D eigenvalue weighted by molar-refractivity contribution is -0.114. The SMILES string of the molecule is COc1ccc(/C=C(/C#N)C(=O)Nc2ccc(NC(C)=O)cc2)cc1OCc1ccccc1Cl. The molecule has 0 radical (unpaired) electrons. The molecule has 0 aliphatic carbocycles. The van der Waals surface area contributed by atoms with Gasteiger partial charge in [-0.25, -0.2) is 0 Å². The standard InChI is InChI=1S/C26H22ClN3O4/c1-17(31)29-21-8-10-22(11-9-21)30-26(32)20(15-28)13-18-7-12-24(33-2)25(14-18)34-16-19-5-3-4-6-23(19)27/h3-14H,16H2,1-2H3,(H,29,31)(H,30,32)/b20-13-. The predicted octanol–water partition coefficient (Wildman–Crippen LogP) is 5.43. The number of amides is 2. The molecule has 7 nitrogen and oxygen atoms in total. The van der Waals surface area contributed by atoms with E-state index < -0.39 is 5.91 Å². The first-order valence-corrected chi connectivity index (χ1v) is 10.6. The van der Waals surface area contributed by atoms with Crippen molar-refractivity contribution in [3.05, 3.63) is 88.5 Å². The van der Waals surface area contributed by atoms with Crippen LogP contribution in [0.25, 0.3) is 6.08 Å². The summed E-state index contributed by atoms with van der Waals surface area (Å²) in [7, 11) is 1.53. The van der Waals surface area contributed by atoms with Crippen molar-refractivity contribution in [3.8, 4) is 17.6 Å². The fraction of sp³-hybridized carbons (Fsp3) is 0.115. The van der Waals surface area contributed by atoms with Gasteiger partial charge in [0, 0.05) is 28.9 Å². The van der Waals surface area contributed by atoms with Crippen LogP contribution in [0.4, 0.5) is 11.4 Å². The highest BCUT2D eigenvalue weighted by atomic mass is 35.5. The van der Waals surface area contributed by atoms with Gasteiger partial charge in [0.2, 0.25) is 5.91 Å². The third kappa shape index (κ3) is 6.61. The minimum atomic E-state index is -0.566. The minimum Gasteiger partial charge on any atom is -0.493 e. The summed E-state index contributed by atoms with van der Waals surface area (Å²) in [6, 6.07) is 20.9. The molecule has 0 heterocycles. The summed E-state index contributed by atoms with van der Waals surface area (Å²) < 4.78 is 11.3. The zero-order valence-corrected chi connectivity index (χ0v) is 19.3. The first-order chi connectivity index (χ1) is 16.4. The number of halogens is 1. The molecule has 0 spiro atoms. The van der Waals surface area contributed by atoms with E-state index >= 15 is 0 Å². The van der Waals surface area contributed by atoms with Crippen LogP contribution in [0, 0.1) is 11.3 Å². The molecular weight excluding hydrogens is 454 g/mol. The van der Waals surface area contributed by atoms with Crippen LogP contribution in [0.2, 0.25) is 5.02 Å². The molecule has 2 amide bonds. The molecular formula is C26H22ClN3O4. The van der Waals surface area contributed by atoms with E-state index in [1.165, 1.54) is 20.1 Å². The van der Waals surface area contributed by atoms with Crippen LogP contribution in [0.5, 0.6) is 11.5 Å². The average Bonchev–Trinajstić information content (AvgIpc) is 2.83. The normalized spacial score (nSPS) is 10.7. The third-order valence-electron chi connectivity index (χ3n) is 4.67. The summed E-state index contributed by atoms with van der Waals surface area (Å²) in [5.74, 6) is 0.194. The molecule has 0 fully saturated rings. The molecule has 0 atom stereocenters. The van der Waals surface area contributed by atoms with E-state index in [2.05, 4.69) is 10.6 Å². The van der Waals surface area contributed by atoms with Gasteiger partial charge in [-0.15, -0.1) is 0 Å². The summed E-state index contributed by atoms with van der Waals surface area (Å²) in [5, 5.41) is 15.4. The van der Waals surface area contributed by atoms with Gasteiger partial charge in [0.25, 0.3) is 5.91 Å². The smallest absolute Gasteiger partial charge is 0.266 e. The van der Waals surface area contributed by atoms with Crippen LogP contribution in [0.3, 0.4) is 0 Å². The zero-order valence-electron chi connectivity index (χ0n) is 18.6. The number of nitrogens with one attached hydrogen (secondary N) is 2. The van der Waals surface area contributed by atoms with Crippen LogP contribution in [-0.2, 0) is 16.2 Å². The number of rotatable bonds is 8. The van der Waals surface area contributed by atoms with Crippen molar-refractivity contribution in [2.24, 2.45) is 0 Å². The van der Waals surface area contributed by atoms with Gasteiger partial charge < -0.3 is 20.1 Å². The molecule has 3 aromatic carbocycles. The fourth-order valence-corrected chi connectivity index (χ4v) is 3.21. The topological polar surface area (TPSA) is 100 Å². The number of carbonyl (C=O) groups is 2. The van der Waals surface area contributed by atoms with Crippen molar-refractivity contribution in [2.45, 2.75) is 13.5 Å². The zero-order chi connectivity index (χ0) is 24.5. The van der Waals surface area contributed by atoms with Gasteiger partial charge in [0.05, 0.1) is 7.11 Å². The number of hydrogen-bond acceptors (Lipinski definition) is 5. The molecule has 0 aliphatic heterocycles. The maximum atomic E-state index is 12.6. The van der Waals surface area contributed by atoms with E-state index in [-0.39, 0.29) is 18.1 Å². The van der Waals surface area contributed by atoms with E-state index in [0.29, 0.717) is 33.5 Å². The van der Waals surface area contributed by atoms with Gasteiger partial charge in [-0.2, -0.15) is 5.26 Å². The third-order valence-corrected chi connectivity index (χ3v) is 5.04. The van der Waals surface area contributed by atoms with Gasteiger partial charge in [0.15, 0.2) is 11.5 Å². The van der Waals surface area contributed by atoms with Crippen molar-refractivity contribution in [3.63, 3.8) is 0 Å². The fourth-order valence-electron chi connectivity index (χ4n) is 3.02. The van der Waals surface area contributed by atoms with Gasteiger partial charge in [-0.3, -0.25) is 9.59 Å². The van der Waals surface area contributed by atoms with Crippen LogP contribution < -0.4 is 20.1 Å². The lowest BCUT2D eigenvalue weighted by Gasteiger charge is -2.12. The van der Waals surface area contributed by atoms with Crippen LogP contribution in [0.15, 0.2) is 72.3 Å². The quantitative estimate of drug-likeness (QED) is 0.334. The van der Waals surface area contributed by atoms with E-state index in [1.54, 1.807) is 48.5 Å². The number of benzene rings is 3. The minimum absolute atomic E-state index is 0.0897. The van der Waals surface area contributed by atoms with Gasteiger partial charge in [-0.05, 0) is 54.1 Å². The van der Waals surface area contributed by atoms with E-state index in [9.17, 15) is 14.9 Å². The first-order valence-electron chi connectivity index (χ1n) is 10.2. The number of ether oxygens (including phenoxy) is 2. The second-order valence-corrected chi connectivity index (χ2v) is 7.58. The monoisotopic (exact) mass is 475 g/mol. The molecule has 0 bridgehead atoms.